The van der Waals surface area contributed by atoms with Gasteiger partial charge in [0.05, 0.1) is 5.25 Å². The smallest absolute Gasteiger partial charge is 0.173 e. The van der Waals surface area contributed by atoms with E-state index in [0.717, 1.165) is 18.2 Å². The average molecular weight is 176 g/mol. The Morgan fingerprint density at radius 3 is 2.27 bits per heavy atom. The van der Waals surface area contributed by atoms with Gasteiger partial charge in [0, 0.05) is 5.41 Å². The van der Waals surface area contributed by atoms with Gasteiger partial charge in [-0.2, -0.15) is 0 Å². The lowest BCUT2D eigenvalue weighted by molar-refractivity contribution is 0.573. The minimum Gasteiger partial charge on any atom is -0.224 e. The topological polar surface area (TPSA) is 34.1 Å². The van der Waals surface area contributed by atoms with Gasteiger partial charge in [0.2, 0.25) is 0 Å². The molecule has 0 rings (SSSR count). The molecule has 1 atom stereocenters. The van der Waals surface area contributed by atoms with Crippen molar-refractivity contribution in [3.05, 3.63) is 12.0 Å². The van der Waals surface area contributed by atoms with Crippen LogP contribution in [0.1, 0.15) is 33.1 Å². The van der Waals surface area contributed by atoms with Crippen molar-refractivity contribution in [1.29, 1.82) is 0 Å². The van der Waals surface area contributed by atoms with Gasteiger partial charge in [-0.1, -0.05) is 26.8 Å². The van der Waals surface area contributed by atoms with E-state index in [2.05, 4.69) is 6.58 Å². The summed E-state index contributed by atoms with van der Waals surface area (Å²) in [4.78, 5) is 0. The van der Waals surface area contributed by atoms with Crippen molar-refractivity contribution in [2.45, 2.75) is 38.4 Å². The lowest BCUT2D eigenvalue weighted by Gasteiger charge is -2.10. The van der Waals surface area contributed by atoms with E-state index in [1.54, 1.807) is 0 Å². The van der Waals surface area contributed by atoms with Crippen molar-refractivity contribution >= 4 is 9.84 Å². The van der Waals surface area contributed by atoms with Crippen LogP contribution in [-0.4, -0.2) is 13.7 Å². The highest BCUT2D eigenvalue weighted by Crippen LogP contribution is 2.13. The molecule has 0 N–H and O–H groups in total. The molecule has 0 spiro atoms. The summed E-state index contributed by atoms with van der Waals surface area (Å²) in [6.07, 6.45) is 2.33. The second kappa shape index (κ2) is 4.54. The van der Waals surface area contributed by atoms with E-state index in [-0.39, 0.29) is 5.25 Å². The molecular formula is C8H16O2S. The Balaban J connectivity index is 4.37. The van der Waals surface area contributed by atoms with Crippen LogP contribution < -0.4 is 0 Å². The van der Waals surface area contributed by atoms with Crippen LogP contribution >= 0.6 is 0 Å². The Morgan fingerprint density at radius 2 is 2.00 bits per heavy atom. The van der Waals surface area contributed by atoms with Crippen LogP contribution in [0, 0.1) is 0 Å². The van der Waals surface area contributed by atoms with Gasteiger partial charge in [0.1, 0.15) is 0 Å². The monoisotopic (exact) mass is 176 g/mol. The summed E-state index contributed by atoms with van der Waals surface area (Å²) >= 11 is 0. The normalized spacial score (nSPS) is 14.4. The fraction of sp³-hybridized carbons (Fsp3) is 0.750. The van der Waals surface area contributed by atoms with Crippen LogP contribution in [0.25, 0.3) is 0 Å². The summed E-state index contributed by atoms with van der Waals surface area (Å²) in [6.45, 7) is 7.17. The zero-order chi connectivity index (χ0) is 8.91. The first-order valence-electron chi connectivity index (χ1n) is 3.94. The van der Waals surface area contributed by atoms with E-state index < -0.39 is 9.84 Å². The van der Waals surface area contributed by atoms with Crippen LogP contribution in [0.4, 0.5) is 0 Å². The molecule has 11 heavy (non-hydrogen) atoms. The fourth-order valence-electron chi connectivity index (χ4n) is 1.06. The van der Waals surface area contributed by atoms with Gasteiger partial charge in [0.15, 0.2) is 9.84 Å². The van der Waals surface area contributed by atoms with Gasteiger partial charge in [-0.15, -0.1) is 0 Å². The maximum atomic E-state index is 11.2. The standard InChI is InChI=1S/C8H16O2S/c1-4-7-8(5-2)11(9,10)6-3/h6,8H,3-5,7H2,1-2H3. The molecule has 0 aromatic heterocycles. The third-order valence-corrected chi connectivity index (χ3v) is 3.73. The highest BCUT2D eigenvalue weighted by Gasteiger charge is 2.18. The Kier molecular flexibility index (Phi) is 4.42. The summed E-state index contributed by atoms with van der Waals surface area (Å²) in [7, 11) is -3.01. The molecule has 0 fully saturated rings. The van der Waals surface area contributed by atoms with Crippen molar-refractivity contribution in [3.63, 3.8) is 0 Å². The molecule has 0 bridgehead atoms. The van der Waals surface area contributed by atoms with E-state index in [9.17, 15) is 8.42 Å². The lowest BCUT2D eigenvalue weighted by Crippen LogP contribution is -2.17. The second-order valence-corrected chi connectivity index (χ2v) is 4.75. The molecule has 0 saturated carbocycles. The third-order valence-electron chi connectivity index (χ3n) is 1.76. The van der Waals surface area contributed by atoms with Crippen molar-refractivity contribution < 1.29 is 8.42 Å². The van der Waals surface area contributed by atoms with E-state index in [1.165, 1.54) is 0 Å². The van der Waals surface area contributed by atoms with Crippen LogP contribution in [0.15, 0.2) is 12.0 Å². The highest BCUT2D eigenvalue weighted by atomic mass is 32.2. The predicted octanol–water partition coefficient (Wildman–Crippen LogP) is 2.12. The molecular weight excluding hydrogens is 160 g/mol. The number of hydrogen-bond donors (Lipinski definition) is 0. The number of sulfone groups is 1. The maximum Gasteiger partial charge on any atom is 0.173 e. The van der Waals surface area contributed by atoms with E-state index >= 15 is 0 Å². The van der Waals surface area contributed by atoms with Crippen molar-refractivity contribution in [2.75, 3.05) is 0 Å². The molecule has 0 amide bonds. The van der Waals surface area contributed by atoms with Gasteiger partial charge in [-0.25, -0.2) is 8.42 Å². The summed E-state index contributed by atoms with van der Waals surface area (Å²) in [5.74, 6) is 0. The van der Waals surface area contributed by atoms with E-state index in [1.807, 2.05) is 13.8 Å². The van der Waals surface area contributed by atoms with Crippen LogP contribution in [0.3, 0.4) is 0 Å². The molecule has 0 aromatic rings. The van der Waals surface area contributed by atoms with E-state index in [4.69, 9.17) is 0 Å². The Morgan fingerprint density at radius 1 is 1.45 bits per heavy atom. The molecule has 66 valence electrons. The third kappa shape index (κ3) is 3.06. The molecule has 0 aliphatic heterocycles. The first-order chi connectivity index (χ1) is 5.08. The van der Waals surface area contributed by atoms with E-state index in [0.29, 0.717) is 6.42 Å². The quantitative estimate of drug-likeness (QED) is 0.643. The Bertz CT molecular complexity index is 204. The predicted molar refractivity (Wildman–Crippen MR) is 48.1 cm³/mol. The SMILES string of the molecule is C=CS(=O)(=O)C(CC)CCC. The van der Waals surface area contributed by atoms with Gasteiger partial charge in [-0.3, -0.25) is 0 Å². The van der Waals surface area contributed by atoms with Gasteiger partial charge >= 0.3 is 0 Å². The Hall–Kier alpha value is -0.310. The summed E-state index contributed by atoms with van der Waals surface area (Å²) in [5, 5.41) is 0.849. The summed E-state index contributed by atoms with van der Waals surface area (Å²) < 4.78 is 22.4. The zero-order valence-corrected chi connectivity index (χ0v) is 8.02. The minimum absolute atomic E-state index is 0.218. The van der Waals surface area contributed by atoms with Gasteiger partial charge < -0.3 is 0 Å². The first-order valence-corrected chi connectivity index (χ1v) is 5.55. The fourth-order valence-corrected chi connectivity index (χ4v) is 2.36. The Labute approximate surface area is 69.2 Å². The van der Waals surface area contributed by atoms with Crippen LogP contribution in [0.2, 0.25) is 0 Å². The maximum absolute atomic E-state index is 11.2. The lowest BCUT2D eigenvalue weighted by atomic mass is 10.2. The molecule has 0 aliphatic rings. The van der Waals surface area contributed by atoms with Crippen molar-refractivity contribution in [3.8, 4) is 0 Å². The van der Waals surface area contributed by atoms with Gasteiger partial charge in [0.25, 0.3) is 0 Å². The van der Waals surface area contributed by atoms with Gasteiger partial charge in [-0.05, 0) is 12.8 Å². The molecule has 0 saturated heterocycles. The average Bonchev–Trinajstić information content (AvgIpc) is 2.00. The van der Waals surface area contributed by atoms with Crippen LogP contribution in [-0.2, 0) is 9.84 Å². The number of rotatable bonds is 5. The highest BCUT2D eigenvalue weighted by molar-refractivity contribution is 7.94. The first kappa shape index (κ1) is 10.7. The number of hydrogen-bond acceptors (Lipinski definition) is 2. The second-order valence-electron chi connectivity index (χ2n) is 2.57. The molecule has 3 heteroatoms. The molecule has 0 aromatic carbocycles. The molecule has 1 unspecified atom stereocenters. The summed E-state index contributed by atoms with van der Waals surface area (Å²) in [6, 6.07) is 0. The minimum atomic E-state index is -3.01. The van der Waals surface area contributed by atoms with Crippen LogP contribution in [0.5, 0.6) is 0 Å². The summed E-state index contributed by atoms with van der Waals surface area (Å²) in [5.41, 5.74) is 0. The molecule has 0 aliphatic carbocycles. The molecule has 2 nitrogen and oxygen atoms in total. The zero-order valence-electron chi connectivity index (χ0n) is 7.21. The largest absolute Gasteiger partial charge is 0.224 e. The molecule has 0 radical (unpaired) electrons. The molecule has 0 heterocycles. The van der Waals surface area contributed by atoms with Crippen molar-refractivity contribution in [2.24, 2.45) is 0 Å². The van der Waals surface area contributed by atoms with Crippen molar-refractivity contribution in [1.82, 2.24) is 0 Å².